The molecule has 2 aromatic rings. The molecule has 0 N–H and O–H groups in total. The molecule has 0 atom stereocenters. The molecular weight excluding hydrogens is 276 g/mol. The highest BCUT2D eigenvalue weighted by atomic mass is 16.7. The zero-order valence-corrected chi connectivity index (χ0v) is 12.1. The van der Waals surface area contributed by atoms with Gasteiger partial charge in [-0.3, -0.25) is 0 Å². The van der Waals surface area contributed by atoms with Crippen LogP contribution in [0.4, 0.5) is 0 Å². The van der Waals surface area contributed by atoms with Crippen molar-refractivity contribution in [1.82, 2.24) is 9.80 Å². The first-order chi connectivity index (χ1) is 10.9. The van der Waals surface area contributed by atoms with Crippen LogP contribution in [0.1, 0.15) is 11.1 Å². The lowest BCUT2D eigenvalue weighted by Gasteiger charge is -2.32. The summed E-state index contributed by atoms with van der Waals surface area (Å²) in [5.41, 5.74) is 2.39. The standard InChI is InChI=1S/C18H16N2O2/c1-3-7-15-13(5-1)11-19-9-10-20-12-14-6-2-4-8-16(14)22-18(21-15)17(19)20/h1-10,17-18H,11-12H2. The second kappa shape index (κ2) is 4.44. The number of hydrogen-bond donors (Lipinski definition) is 0. The van der Waals surface area contributed by atoms with Crippen LogP contribution in [0.3, 0.4) is 0 Å². The molecule has 0 unspecified atom stereocenters. The Kier molecular flexibility index (Phi) is 2.41. The highest BCUT2D eigenvalue weighted by molar-refractivity contribution is 5.38. The minimum Gasteiger partial charge on any atom is -0.450 e. The third-order valence-corrected chi connectivity index (χ3v) is 4.51. The lowest BCUT2D eigenvalue weighted by atomic mass is 10.2. The van der Waals surface area contributed by atoms with Gasteiger partial charge in [-0.15, -0.1) is 0 Å². The molecule has 5 rings (SSSR count). The van der Waals surface area contributed by atoms with Crippen LogP contribution < -0.4 is 9.47 Å². The molecule has 3 aliphatic rings. The third-order valence-electron chi connectivity index (χ3n) is 4.51. The molecule has 0 saturated carbocycles. The summed E-state index contributed by atoms with van der Waals surface area (Å²) in [6, 6.07) is 16.4. The van der Waals surface area contributed by atoms with Crippen LogP contribution >= 0.6 is 0 Å². The summed E-state index contributed by atoms with van der Waals surface area (Å²) >= 11 is 0. The predicted octanol–water partition coefficient (Wildman–Crippen LogP) is 2.91. The van der Waals surface area contributed by atoms with Gasteiger partial charge in [0.15, 0.2) is 6.17 Å². The molecule has 0 aromatic heterocycles. The van der Waals surface area contributed by atoms with Gasteiger partial charge in [0, 0.05) is 36.6 Å². The molecule has 22 heavy (non-hydrogen) atoms. The molecule has 2 aromatic carbocycles. The molecule has 0 aliphatic carbocycles. The van der Waals surface area contributed by atoms with Crippen LogP contribution in [-0.2, 0) is 13.1 Å². The summed E-state index contributed by atoms with van der Waals surface area (Å²) in [4.78, 5) is 4.59. The van der Waals surface area contributed by atoms with Crippen molar-refractivity contribution in [3.05, 3.63) is 72.1 Å². The van der Waals surface area contributed by atoms with Crippen LogP contribution in [0, 0.1) is 0 Å². The Morgan fingerprint density at radius 1 is 0.727 bits per heavy atom. The molecule has 0 bridgehead atoms. The fourth-order valence-electron chi connectivity index (χ4n) is 3.43. The Hall–Kier alpha value is -2.62. The summed E-state index contributed by atoms with van der Waals surface area (Å²) in [5.74, 6) is 1.82. The summed E-state index contributed by atoms with van der Waals surface area (Å²) in [6.07, 6.45) is 4.00. The molecule has 0 radical (unpaired) electrons. The summed E-state index contributed by atoms with van der Waals surface area (Å²) in [5, 5.41) is 0. The first-order valence-electron chi connectivity index (χ1n) is 7.57. The van der Waals surface area contributed by atoms with E-state index in [0.717, 1.165) is 24.6 Å². The van der Waals surface area contributed by atoms with Crippen LogP contribution in [0.15, 0.2) is 60.9 Å². The number of ether oxygens (including phenoxy) is 2. The van der Waals surface area contributed by atoms with Crippen molar-refractivity contribution >= 4 is 0 Å². The average molecular weight is 292 g/mol. The average Bonchev–Trinajstić information content (AvgIpc) is 2.76. The van der Waals surface area contributed by atoms with Gasteiger partial charge in [-0.1, -0.05) is 36.4 Å². The lowest BCUT2D eigenvalue weighted by molar-refractivity contribution is -0.0767. The van der Waals surface area contributed by atoms with Crippen LogP contribution in [-0.4, -0.2) is 22.3 Å². The molecule has 4 nitrogen and oxygen atoms in total. The highest BCUT2D eigenvalue weighted by Crippen LogP contribution is 2.37. The van der Waals surface area contributed by atoms with Crippen LogP contribution in [0.25, 0.3) is 0 Å². The summed E-state index contributed by atoms with van der Waals surface area (Å²) in [7, 11) is 0. The number of benzene rings is 2. The molecule has 3 heterocycles. The number of para-hydroxylation sites is 2. The highest BCUT2D eigenvalue weighted by Gasteiger charge is 2.42. The second-order valence-electron chi connectivity index (χ2n) is 5.88. The van der Waals surface area contributed by atoms with Gasteiger partial charge in [-0.2, -0.15) is 0 Å². The fourth-order valence-corrected chi connectivity index (χ4v) is 3.43. The van der Waals surface area contributed by atoms with Crippen LogP contribution in [0.2, 0.25) is 0 Å². The van der Waals surface area contributed by atoms with Crippen molar-refractivity contribution in [1.29, 1.82) is 0 Å². The first kappa shape index (κ1) is 12.0. The second-order valence-corrected chi connectivity index (χ2v) is 5.88. The quantitative estimate of drug-likeness (QED) is 0.745. The van der Waals surface area contributed by atoms with E-state index in [9.17, 15) is 0 Å². The van der Waals surface area contributed by atoms with Gasteiger partial charge in [-0.25, -0.2) is 0 Å². The molecule has 0 spiro atoms. The van der Waals surface area contributed by atoms with Crippen molar-refractivity contribution in [3.63, 3.8) is 0 Å². The minimum absolute atomic E-state index is 0.0693. The van der Waals surface area contributed by atoms with Gasteiger partial charge < -0.3 is 19.3 Å². The smallest absolute Gasteiger partial charge is 0.279 e. The predicted molar refractivity (Wildman–Crippen MR) is 81.9 cm³/mol. The molecular formula is C18H16N2O2. The number of rotatable bonds is 0. The Morgan fingerprint density at radius 2 is 1.23 bits per heavy atom. The van der Waals surface area contributed by atoms with Gasteiger partial charge in [0.1, 0.15) is 11.5 Å². The topological polar surface area (TPSA) is 24.9 Å². The summed E-state index contributed by atoms with van der Waals surface area (Å²) in [6.45, 7) is 1.67. The van der Waals surface area contributed by atoms with Gasteiger partial charge in [0.05, 0.1) is 0 Å². The lowest BCUT2D eigenvalue weighted by Crippen LogP contribution is -2.49. The monoisotopic (exact) mass is 292 g/mol. The Morgan fingerprint density at radius 3 is 1.77 bits per heavy atom. The zero-order valence-electron chi connectivity index (χ0n) is 12.1. The first-order valence-corrected chi connectivity index (χ1v) is 7.57. The van der Waals surface area contributed by atoms with Gasteiger partial charge >= 0.3 is 0 Å². The Labute approximate surface area is 129 Å². The Balaban J connectivity index is 1.62. The van der Waals surface area contributed by atoms with E-state index in [2.05, 4.69) is 46.5 Å². The Bertz CT molecular complexity index is 697. The van der Waals surface area contributed by atoms with Gasteiger partial charge in [0.25, 0.3) is 6.29 Å². The van der Waals surface area contributed by atoms with Crippen molar-refractivity contribution in [2.75, 3.05) is 0 Å². The molecule has 110 valence electrons. The van der Waals surface area contributed by atoms with E-state index < -0.39 is 0 Å². The maximum Gasteiger partial charge on any atom is 0.279 e. The maximum absolute atomic E-state index is 6.23. The van der Waals surface area contributed by atoms with Crippen LogP contribution in [0.5, 0.6) is 11.5 Å². The van der Waals surface area contributed by atoms with E-state index in [-0.39, 0.29) is 12.5 Å². The van der Waals surface area contributed by atoms with E-state index in [1.54, 1.807) is 0 Å². The van der Waals surface area contributed by atoms with Crippen molar-refractivity contribution in [3.8, 4) is 11.5 Å². The van der Waals surface area contributed by atoms with Crippen molar-refractivity contribution in [2.24, 2.45) is 0 Å². The third kappa shape index (κ3) is 1.70. The van der Waals surface area contributed by atoms with E-state index in [1.807, 2.05) is 24.3 Å². The van der Waals surface area contributed by atoms with Crippen molar-refractivity contribution < 1.29 is 9.47 Å². The van der Waals surface area contributed by atoms with Gasteiger partial charge in [0.2, 0.25) is 0 Å². The SMILES string of the molecule is C1=CN2Cc3ccccc3OC3Oc4ccccc4CN1C32. The zero-order chi connectivity index (χ0) is 14.5. The number of hydrogen-bond acceptors (Lipinski definition) is 4. The minimum atomic E-state index is -0.345. The normalized spacial score (nSPS) is 24.4. The molecule has 0 fully saturated rings. The van der Waals surface area contributed by atoms with Gasteiger partial charge in [-0.05, 0) is 12.1 Å². The van der Waals surface area contributed by atoms with Crippen molar-refractivity contribution in [2.45, 2.75) is 25.5 Å². The van der Waals surface area contributed by atoms with E-state index in [4.69, 9.17) is 9.47 Å². The number of fused-ring (bicyclic) bond motifs is 2. The van der Waals surface area contributed by atoms with E-state index in [1.165, 1.54) is 11.1 Å². The molecule has 0 amide bonds. The summed E-state index contributed by atoms with van der Waals surface area (Å²) < 4.78 is 12.5. The number of nitrogens with zero attached hydrogens (tertiary/aromatic N) is 2. The molecule has 4 heteroatoms. The molecule has 0 saturated heterocycles. The maximum atomic E-state index is 6.23. The molecule has 3 aliphatic heterocycles. The van der Waals surface area contributed by atoms with E-state index >= 15 is 0 Å². The largest absolute Gasteiger partial charge is 0.450 e. The van der Waals surface area contributed by atoms with E-state index in [0.29, 0.717) is 0 Å². The fraction of sp³-hybridized carbons (Fsp3) is 0.222.